The number of carbonyl (C=O) groups is 2. The topological polar surface area (TPSA) is 109 Å². The molecule has 0 spiro atoms. The minimum atomic E-state index is -0.183. The molecule has 0 radical (unpaired) electrons. The van der Waals surface area contributed by atoms with Crippen LogP contribution in [-0.4, -0.2) is 64.5 Å². The minimum absolute atomic E-state index is 0.0263. The summed E-state index contributed by atoms with van der Waals surface area (Å²) < 4.78 is 11.5. The molecule has 2 aliphatic rings. The maximum atomic E-state index is 13.1. The summed E-state index contributed by atoms with van der Waals surface area (Å²) in [6.45, 7) is 3.55. The standard InChI is InChI=1S/C25H29N5O4/c1-15(31)30-9-7-17(8-10-30)29-25(32)20-12-26-24-22(27-14-28-23(20)24)19-6-5-18(33-2)11-21(19)34-13-16-3-4-16/h5-6,11-12,14,16-17,26H,3-4,7-10,13H2,1-2H3,(H,29,32). The third-order valence-corrected chi connectivity index (χ3v) is 6.60. The first-order valence-corrected chi connectivity index (χ1v) is 11.7. The monoisotopic (exact) mass is 463 g/mol. The van der Waals surface area contributed by atoms with Crippen LogP contribution in [0.5, 0.6) is 11.5 Å². The number of carbonyl (C=O) groups excluding carboxylic acids is 2. The van der Waals surface area contributed by atoms with E-state index in [9.17, 15) is 9.59 Å². The Balaban J connectivity index is 1.40. The van der Waals surface area contributed by atoms with Crippen LogP contribution < -0.4 is 14.8 Å². The van der Waals surface area contributed by atoms with E-state index in [4.69, 9.17) is 9.47 Å². The van der Waals surface area contributed by atoms with E-state index in [1.54, 1.807) is 20.2 Å². The molecule has 2 aromatic heterocycles. The number of ether oxygens (including phenoxy) is 2. The molecule has 0 atom stereocenters. The minimum Gasteiger partial charge on any atom is -0.497 e. The van der Waals surface area contributed by atoms with E-state index < -0.39 is 0 Å². The number of rotatable bonds is 7. The number of amides is 2. The molecule has 2 fully saturated rings. The molecular formula is C25H29N5O4. The molecule has 34 heavy (non-hydrogen) atoms. The largest absolute Gasteiger partial charge is 0.497 e. The summed E-state index contributed by atoms with van der Waals surface area (Å²) in [5.41, 5.74) is 3.21. The normalized spacial score (nSPS) is 16.5. The summed E-state index contributed by atoms with van der Waals surface area (Å²) in [4.78, 5) is 38.6. The lowest BCUT2D eigenvalue weighted by atomic mass is 10.0. The van der Waals surface area contributed by atoms with E-state index in [0.29, 0.717) is 59.4 Å². The van der Waals surface area contributed by atoms with Gasteiger partial charge in [0.1, 0.15) is 29.0 Å². The van der Waals surface area contributed by atoms with E-state index in [0.717, 1.165) is 18.4 Å². The summed E-state index contributed by atoms with van der Waals surface area (Å²) in [5, 5.41) is 3.10. The first-order valence-electron chi connectivity index (χ1n) is 11.7. The van der Waals surface area contributed by atoms with Crippen molar-refractivity contribution in [3.05, 3.63) is 36.3 Å². The van der Waals surface area contributed by atoms with Crippen molar-refractivity contribution in [2.24, 2.45) is 5.92 Å². The third kappa shape index (κ3) is 4.55. The zero-order valence-electron chi connectivity index (χ0n) is 19.5. The maximum Gasteiger partial charge on any atom is 0.255 e. The van der Waals surface area contributed by atoms with Crippen LogP contribution in [-0.2, 0) is 4.79 Å². The number of likely N-dealkylation sites (tertiary alicyclic amines) is 1. The highest BCUT2D eigenvalue weighted by Gasteiger charge is 2.26. The zero-order chi connectivity index (χ0) is 23.7. The number of hydrogen-bond acceptors (Lipinski definition) is 6. The van der Waals surface area contributed by atoms with Gasteiger partial charge in [-0.2, -0.15) is 0 Å². The molecular weight excluding hydrogens is 434 g/mol. The predicted octanol–water partition coefficient (Wildman–Crippen LogP) is 3.16. The van der Waals surface area contributed by atoms with Crippen LogP contribution in [0, 0.1) is 5.92 Å². The van der Waals surface area contributed by atoms with Gasteiger partial charge in [0, 0.05) is 43.9 Å². The molecule has 3 heterocycles. The van der Waals surface area contributed by atoms with Crippen LogP contribution in [0.2, 0.25) is 0 Å². The Kier molecular flexibility index (Phi) is 6.08. The molecule has 0 bridgehead atoms. The van der Waals surface area contributed by atoms with Crippen molar-refractivity contribution in [2.75, 3.05) is 26.8 Å². The van der Waals surface area contributed by atoms with E-state index in [2.05, 4.69) is 20.3 Å². The molecule has 5 rings (SSSR count). The first-order chi connectivity index (χ1) is 16.5. The molecule has 1 aliphatic heterocycles. The van der Waals surface area contributed by atoms with Gasteiger partial charge in [-0.25, -0.2) is 9.97 Å². The van der Waals surface area contributed by atoms with Crippen LogP contribution >= 0.6 is 0 Å². The van der Waals surface area contributed by atoms with Gasteiger partial charge in [0.25, 0.3) is 5.91 Å². The number of aromatic nitrogens is 3. The number of H-pyrrole nitrogens is 1. The number of aromatic amines is 1. The Hall–Kier alpha value is -3.62. The van der Waals surface area contributed by atoms with Gasteiger partial charge in [-0.05, 0) is 43.7 Å². The molecule has 3 aromatic rings. The summed E-state index contributed by atoms with van der Waals surface area (Å²) in [6.07, 6.45) is 7.02. The molecule has 9 heteroatoms. The van der Waals surface area contributed by atoms with Crippen LogP contribution in [0.15, 0.2) is 30.7 Å². The summed E-state index contributed by atoms with van der Waals surface area (Å²) in [7, 11) is 1.63. The fourth-order valence-electron chi connectivity index (χ4n) is 4.36. The molecule has 9 nitrogen and oxygen atoms in total. The highest BCUT2D eigenvalue weighted by Crippen LogP contribution is 2.37. The Morgan fingerprint density at radius 1 is 1.18 bits per heavy atom. The quantitative estimate of drug-likeness (QED) is 0.557. The highest BCUT2D eigenvalue weighted by molar-refractivity contribution is 6.08. The molecule has 1 saturated heterocycles. The smallest absolute Gasteiger partial charge is 0.255 e. The van der Waals surface area contributed by atoms with Crippen LogP contribution in [0.25, 0.3) is 22.3 Å². The van der Waals surface area contributed by atoms with Crippen molar-refractivity contribution < 1.29 is 19.1 Å². The third-order valence-electron chi connectivity index (χ3n) is 6.60. The first kappa shape index (κ1) is 22.2. The molecule has 1 aromatic carbocycles. The van der Waals surface area contributed by atoms with E-state index in [-0.39, 0.29) is 17.9 Å². The lowest BCUT2D eigenvalue weighted by molar-refractivity contribution is -0.129. The van der Waals surface area contributed by atoms with Crippen molar-refractivity contribution >= 4 is 22.8 Å². The van der Waals surface area contributed by atoms with Gasteiger partial charge in [0.15, 0.2) is 0 Å². The number of piperidine rings is 1. The highest BCUT2D eigenvalue weighted by atomic mass is 16.5. The number of nitrogens with zero attached hydrogens (tertiary/aromatic N) is 3. The van der Waals surface area contributed by atoms with Gasteiger partial charge in [0.2, 0.25) is 5.91 Å². The lowest BCUT2D eigenvalue weighted by Gasteiger charge is -2.31. The van der Waals surface area contributed by atoms with E-state index >= 15 is 0 Å². The molecule has 1 aliphatic carbocycles. The Labute approximate surface area is 197 Å². The molecule has 0 unspecified atom stereocenters. The number of hydrogen-bond donors (Lipinski definition) is 2. The van der Waals surface area contributed by atoms with Crippen LogP contribution in [0.4, 0.5) is 0 Å². The van der Waals surface area contributed by atoms with Crippen LogP contribution in [0.1, 0.15) is 43.0 Å². The average Bonchev–Trinajstić information content (AvgIpc) is 3.58. The second-order valence-corrected chi connectivity index (χ2v) is 9.02. The fraction of sp³-hybridized carbons (Fsp3) is 0.440. The van der Waals surface area contributed by atoms with Crippen LogP contribution in [0.3, 0.4) is 0 Å². The van der Waals surface area contributed by atoms with Gasteiger partial charge in [-0.1, -0.05) is 0 Å². The van der Waals surface area contributed by atoms with Gasteiger partial charge in [-0.15, -0.1) is 0 Å². The van der Waals surface area contributed by atoms with Gasteiger partial charge in [-0.3, -0.25) is 9.59 Å². The summed E-state index contributed by atoms with van der Waals surface area (Å²) in [5.74, 6) is 1.90. The Morgan fingerprint density at radius 3 is 2.68 bits per heavy atom. The summed E-state index contributed by atoms with van der Waals surface area (Å²) in [6, 6.07) is 5.69. The SMILES string of the molecule is COc1ccc(-c2ncnc3c(C(=O)NC4CCN(C(C)=O)CC4)c[nH]c23)c(OCC2CC2)c1. The molecule has 2 amide bonds. The van der Waals surface area contributed by atoms with Gasteiger partial charge < -0.3 is 24.7 Å². The lowest BCUT2D eigenvalue weighted by Crippen LogP contribution is -2.45. The van der Waals surface area contributed by atoms with Gasteiger partial charge >= 0.3 is 0 Å². The molecule has 178 valence electrons. The number of methoxy groups -OCH3 is 1. The van der Waals surface area contributed by atoms with E-state index in [1.165, 1.54) is 19.2 Å². The maximum absolute atomic E-state index is 13.1. The molecule has 1 saturated carbocycles. The van der Waals surface area contributed by atoms with Crippen molar-refractivity contribution in [2.45, 2.75) is 38.6 Å². The van der Waals surface area contributed by atoms with Crippen molar-refractivity contribution in [1.29, 1.82) is 0 Å². The van der Waals surface area contributed by atoms with E-state index in [1.807, 2.05) is 23.1 Å². The number of benzene rings is 1. The predicted molar refractivity (Wildman–Crippen MR) is 127 cm³/mol. The van der Waals surface area contributed by atoms with Gasteiger partial charge in [0.05, 0.1) is 24.8 Å². The number of fused-ring (bicyclic) bond motifs is 1. The number of nitrogens with one attached hydrogen (secondary N) is 2. The second kappa shape index (κ2) is 9.32. The molecule has 2 N–H and O–H groups in total. The Morgan fingerprint density at radius 2 is 1.97 bits per heavy atom. The fourth-order valence-corrected chi connectivity index (χ4v) is 4.36. The zero-order valence-corrected chi connectivity index (χ0v) is 19.5. The average molecular weight is 464 g/mol. The summed E-state index contributed by atoms with van der Waals surface area (Å²) >= 11 is 0. The Bertz CT molecular complexity index is 1210. The second-order valence-electron chi connectivity index (χ2n) is 9.02. The van der Waals surface area contributed by atoms with Crippen molar-refractivity contribution in [3.63, 3.8) is 0 Å². The van der Waals surface area contributed by atoms with Crippen molar-refractivity contribution in [3.8, 4) is 22.8 Å². The van der Waals surface area contributed by atoms with Crippen molar-refractivity contribution in [1.82, 2.24) is 25.2 Å².